The standard InChI is InChI=1S/C15H12ClNO4/c16-8-2-1-3-9(6-8)17-7-15-5-4-10(21-15)11(14(19)20)12(15)13(17)18/h1-6,10-12H,7H2,(H,19,20)/t10-,11+,12+,15-/m1/s1. The molecular formula is C15H12ClNO4. The van der Waals surface area contributed by atoms with E-state index in [0.717, 1.165) is 0 Å². The summed E-state index contributed by atoms with van der Waals surface area (Å²) in [6.07, 6.45) is 3.09. The smallest absolute Gasteiger partial charge is 0.310 e. The van der Waals surface area contributed by atoms with Gasteiger partial charge in [0.25, 0.3) is 0 Å². The van der Waals surface area contributed by atoms with Gasteiger partial charge in [-0.25, -0.2) is 0 Å². The maximum absolute atomic E-state index is 12.7. The number of fused-ring (bicyclic) bond motifs is 1. The summed E-state index contributed by atoms with van der Waals surface area (Å²) in [5.41, 5.74) is -0.145. The molecule has 1 aromatic carbocycles. The highest BCUT2D eigenvalue weighted by Crippen LogP contribution is 2.52. The molecule has 3 aliphatic heterocycles. The number of nitrogens with zero attached hydrogens (tertiary/aromatic N) is 1. The second kappa shape index (κ2) is 4.08. The molecule has 0 aromatic heterocycles. The maximum atomic E-state index is 12.7. The number of halogens is 1. The number of carbonyl (C=O) groups excluding carboxylic acids is 1. The number of carboxylic acid groups (broad SMARTS) is 1. The minimum Gasteiger partial charge on any atom is -0.481 e. The van der Waals surface area contributed by atoms with E-state index in [1.54, 1.807) is 35.2 Å². The van der Waals surface area contributed by atoms with Crippen LogP contribution < -0.4 is 4.90 Å². The zero-order valence-corrected chi connectivity index (χ0v) is 11.7. The molecule has 6 heteroatoms. The van der Waals surface area contributed by atoms with Crippen LogP contribution in [0.1, 0.15) is 0 Å². The average molecular weight is 306 g/mol. The van der Waals surface area contributed by atoms with Crippen LogP contribution in [-0.2, 0) is 14.3 Å². The fourth-order valence-corrected chi connectivity index (χ4v) is 3.83. The van der Waals surface area contributed by atoms with E-state index < -0.39 is 29.5 Å². The molecule has 21 heavy (non-hydrogen) atoms. The predicted octanol–water partition coefficient (Wildman–Crippen LogP) is 1.71. The normalized spacial score (nSPS) is 36.3. The Balaban J connectivity index is 1.75. The molecule has 0 saturated carbocycles. The van der Waals surface area contributed by atoms with E-state index >= 15 is 0 Å². The highest BCUT2D eigenvalue weighted by molar-refractivity contribution is 6.31. The lowest BCUT2D eigenvalue weighted by atomic mass is 9.77. The summed E-state index contributed by atoms with van der Waals surface area (Å²) in [6.45, 7) is 0.327. The lowest BCUT2D eigenvalue weighted by Crippen LogP contribution is -2.39. The van der Waals surface area contributed by atoms with Crippen LogP contribution in [0.5, 0.6) is 0 Å². The van der Waals surface area contributed by atoms with E-state index in [9.17, 15) is 14.7 Å². The summed E-state index contributed by atoms with van der Waals surface area (Å²) in [6, 6.07) is 6.97. The first kappa shape index (κ1) is 12.9. The van der Waals surface area contributed by atoms with Crippen molar-refractivity contribution in [2.24, 2.45) is 11.8 Å². The molecule has 0 unspecified atom stereocenters. The van der Waals surface area contributed by atoms with E-state index in [4.69, 9.17) is 16.3 Å². The molecule has 0 radical (unpaired) electrons. The van der Waals surface area contributed by atoms with Gasteiger partial charge in [0.05, 0.1) is 18.6 Å². The van der Waals surface area contributed by atoms with E-state index in [1.807, 2.05) is 6.08 Å². The Labute approximate surface area is 125 Å². The third-order valence-electron chi connectivity index (χ3n) is 4.51. The Morgan fingerprint density at radius 2 is 2.29 bits per heavy atom. The van der Waals surface area contributed by atoms with Crippen molar-refractivity contribution in [2.45, 2.75) is 11.7 Å². The van der Waals surface area contributed by atoms with Gasteiger partial charge < -0.3 is 14.7 Å². The van der Waals surface area contributed by atoms with Gasteiger partial charge in [-0.2, -0.15) is 0 Å². The zero-order chi connectivity index (χ0) is 14.8. The molecule has 2 bridgehead atoms. The van der Waals surface area contributed by atoms with Crippen molar-refractivity contribution >= 4 is 29.2 Å². The minimum absolute atomic E-state index is 0.212. The van der Waals surface area contributed by atoms with Crippen LogP contribution in [0.25, 0.3) is 0 Å². The van der Waals surface area contributed by atoms with E-state index in [1.165, 1.54) is 0 Å². The molecule has 3 heterocycles. The molecule has 2 saturated heterocycles. The molecule has 4 atom stereocenters. The first-order chi connectivity index (χ1) is 10.0. The molecule has 5 nitrogen and oxygen atoms in total. The van der Waals surface area contributed by atoms with Gasteiger partial charge in [-0.05, 0) is 18.2 Å². The second-order valence-electron chi connectivity index (χ2n) is 5.64. The summed E-state index contributed by atoms with van der Waals surface area (Å²) < 4.78 is 5.82. The fraction of sp³-hybridized carbons (Fsp3) is 0.333. The van der Waals surface area contributed by atoms with Crippen molar-refractivity contribution in [2.75, 3.05) is 11.4 Å². The van der Waals surface area contributed by atoms with Gasteiger partial charge in [-0.15, -0.1) is 0 Å². The Morgan fingerprint density at radius 1 is 1.48 bits per heavy atom. The number of rotatable bonds is 2. The van der Waals surface area contributed by atoms with Gasteiger partial charge in [0.2, 0.25) is 5.91 Å². The number of ether oxygens (including phenoxy) is 1. The van der Waals surface area contributed by atoms with Gasteiger partial charge in [-0.3, -0.25) is 9.59 Å². The number of carboxylic acids is 1. The van der Waals surface area contributed by atoms with Gasteiger partial charge in [0.1, 0.15) is 11.5 Å². The molecule has 1 N–H and O–H groups in total. The number of anilines is 1. The van der Waals surface area contributed by atoms with Crippen LogP contribution in [0, 0.1) is 11.8 Å². The number of benzene rings is 1. The number of carbonyl (C=O) groups is 2. The van der Waals surface area contributed by atoms with Crippen LogP contribution in [0.4, 0.5) is 5.69 Å². The van der Waals surface area contributed by atoms with E-state index in [2.05, 4.69) is 0 Å². The topological polar surface area (TPSA) is 66.8 Å². The molecule has 4 rings (SSSR count). The van der Waals surface area contributed by atoms with Crippen molar-refractivity contribution < 1.29 is 19.4 Å². The summed E-state index contributed by atoms with van der Waals surface area (Å²) in [4.78, 5) is 25.7. The maximum Gasteiger partial charge on any atom is 0.310 e. The Bertz CT molecular complexity index is 688. The van der Waals surface area contributed by atoms with Crippen LogP contribution >= 0.6 is 11.6 Å². The monoisotopic (exact) mass is 305 g/mol. The number of hydrogen-bond acceptors (Lipinski definition) is 3. The minimum atomic E-state index is -0.988. The van der Waals surface area contributed by atoms with Gasteiger partial charge in [-0.1, -0.05) is 29.8 Å². The second-order valence-corrected chi connectivity index (χ2v) is 6.08. The summed E-state index contributed by atoms with van der Waals surface area (Å²) in [5, 5.41) is 9.92. The summed E-state index contributed by atoms with van der Waals surface area (Å²) in [5.74, 6) is -2.68. The van der Waals surface area contributed by atoms with Crippen LogP contribution in [0.15, 0.2) is 36.4 Å². The Morgan fingerprint density at radius 3 is 3.00 bits per heavy atom. The van der Waals surface area contributed by atoms with Gasteiger partial charge >= 0.3 is 5.97 Å². The lowest BCUT2D eigenvalue weighted by molar-refractivity contribution is -0.146. The number of hydrogen-bond donors (Lipinski definition) is 1. The van der Waals surface area contributed by atoms with E-state index in [0.29, 0.717) is 17.3 Å². The van der Waals surface area contributed by atoms with Crippen molar-refractivity contribution in [1.29, 1.82) is 0 Å². The van der Waals surface area contributed by atoms with Crippen molar-refractivity contribution in [3.8, 4) is 0 Å². The summed E-state index contributed by atoms with van der Waals surface area (Å²) in [7, 11) is 0. The summed E-state index contributed by atoms with van der Waals surface area (Å²) >= 11 is 5.97. The highest BCUT2D eigenvalue weighted by atomic mass is 35.5. The van der Waals surface area contributed by atoms with E-state index in [-0.39, 0.29) is 5.91 Å². The van der Waals surface area contributed by atoms with Crippen LogP contribution in [-0.4, -0.2) is 35.2 Å². The fourth-order valence-electron chi connectivity index (χ4n) is 3.64. The predicted molar refractivity (Wildman–Crippen MR) is 75.2 cm³/mol. The van der Waals surface area contributed by atoms with Crippen molar-refractivity contribution in [1.82, 2.24) is 0 Å². The molecule has 1 amide bonds. The van der Waals surface area contributed by atoms with Crippen molar-refractivity contribution in [3.63, 3.8) is 0 Å². The molecule has 0 aliphatic carbocycles. The molecule has 1 aromatic rings. The first-order valence-corrected chi connectivity index (χ1v) is 7.07. The van der Waals surface area contributed by atoms with Crippen LogP contribution in [0.2, 0.25) is 5.02 Å². The average Bonchev–Trinajstić information content (AvgIpc) is 3.07. The molecule has 2 fully saturated rings. The first-order valence-electron chi connectivity index (χ1n) is 6.69. The Hall–Kier alpha value is -1.85. The molecular weight excluding hydrogens is 294 g/mol. The quantitative estimate of drug-likeness (QED) is 0.845. The lowest BCUT2D eigenvalue weighted by Gasteiger charge is -2.21. The Kier molecular flexibility index (Phi) is 2.50. The third-order valence-corrected chi connectivity index (χ3v) is 4.74. The van der Waals surface area contributed by atoms with Gasteiger partial charge in [0, 0.05) is 10.7 Å². The third kappa shape index (κ3) is 1.61. The van der Waals surface area contributed by atoms with Crippen molar-refractivity contribution in [3.05, 3.63) is 41.4 Å². The molecule has 108 valence electrons. The SMILES string of the molecule is O=C(O)[C@@H]1[C@H]2C(=O)N(c3cccc(Cl)c3)C[C@]23C=C[C@H]1O3. The number of aliphatic carboxylic acids is 1. The zero-order valence-electron chi connectivity index (χ0n) is 10.9. The highest BCUT2D eigenvalue weighted by Gasteiger charge is 2.67. The van der Waals surface area contributed by atoms with Crippen LogP contribution in [0.3, 0.4) is 0 Å². The molecule has 1 spiro atoms. The largest absolute Gasteiger partial charge is 0.481 e. The molecule has 3 aliphatic rings. The van der Waals surface area contributed by atoms with Gasteiger partial charge in [0.15, 0.2) is 0 Å². The number of amides is 1.